The molecule has 1 amide bonds. The predicted molar refractivity (Wildman–Crippen MR) is 85.2 cm³/mol. The van der Waals surface area contributed by atoms with Crippen molar-refractivity contribution < 1.29 is 19.2 Å². The highest BCUT2D eigenvalue weighted by molar-refractivity contribution is 5.96. The molecule has 126 valence electrons. The second-order valence-corrected chi connectivity index (χ2v) is 6.03. The molecule has 0 saturated heterocycles. The van der Waals surface area contributed by atoms with Gasteiger partial charge < -0.3 is 14.9 Å². The summed E-state index contributed by atoms with van der Waals surface area (Å²) in [6.07, 6.45) is 6.98. The minimum absolute atomic E-state index is 0.00134. The molecule has 0 aromatic carbocycles. The highest BCUT2D eigenvalue weighted by atomic mass is 16.5. The smallest absolute Gasteiger partial charge is 0.341 e. The molecule has 24 heavy (non-hydrogen) atoms. The lowest BCUT2D eigenvalue weighted by molar-refractivity contribution is -0.125. The normalized spacial score (nSPS) is 16.0. The zero-order chi connectivity index (χ0) is 17.1. The van der Waals surface area contributed by atoms with Gasteiger partial charge in [-0.2, -0.15) is 0 Å². The molecule has 2 heterocycles. The Morgan fingerprint density at radius 2 is 2.12 bits per heavy atom. The van der Waals surface area contributed by atoms with E-state index in [4.69, 9.17) is 4.52 Å². The molecule has 1 fully saturated rings. The van der Waals surface area contributed by atoms with Crippen LogP contribution >= 0.6 is 0 Å². The summed E-state index contributed by atoms with van der Waals surface area (Å²) >= 11 is 0. The zero-order valence-corrected chi connectivity index (χ0v) is 13.4. The molecule has 0 spiro atoms. The van der Waals surface area contributed by atoms with Crippen LogP contribution in [0.4, 0.5) is 0 Å². The first-order valence-corrected chi connectivity index (χ1v) is 8.01. The number of rotatable bonds is 5. The number of carbonyl (C=O) groups excluding carboxylic acids is 1. The molecule has 1 aliphatic carbocycles. The molecule has 2 aromatic heterocycles. The van der Waals surface area contributed by atoms with E-state index >= 15 is 0 Å². The summed E-state index contributed by atoms with van der Waals surface area (Å²) in [4.78, 5) is 27.9. The minimum atomic E-state index is -1.15. The summed E-state index contributed by atoms with van der Waals surface area (Å²) in [5.41, 5.74) is 0.731. The van der Waals surface area contributed by atoms with Crippen LogP contribution in [0.1, 0.15) is 54.8 Å². The highest BCUT2D eigenvalue weighted by Crippen LogP contribution is 2.30. The van der Waals surface area contributed by atoms with Gasteiger partial charge in [0, 0.05) is 23.9 Å². The van der Waals surface area contributed by atoms with Crippen molar-refractivity contribution in [2.24, 2.45) is 5.92 Å². The molecular formula is C17H19N3O4. The Morgan fingerprint density at radius 1 is 1.38 bits per heavy atom. The van der Waals surface area contributed by atoms with Crippen molar-refractivity contribution in [1.82, 2.24) is 15.5 Å². The lowest BCUT2D eigenvalue weighted by Crippen LogP contribution is -2.32. The van der Waals surface area contributed by atoms with Gasteiger partial charge in [-0.25, -0.2) is 4.79 Å². The van der Waals surface area contributed by atoms with Crippen molar-refractivity contribution in [3.63, 3.8) is 0 Å². The third-order valence-electron chi connectivity index (χ3n) is 4.35. The van der Waals surface area contributed by atoms with E-state index in [9.17, 15) is 14.7 Å². The average Bonchev–Trinajstić information content (AvgIpc) is 3.25. The van der Waals surface area contributed by atoms with Crippen LogP contribution in [0.3, 0.4) is 0 Å². The number of nitrogens with zero attached hydrogens (tertiary/aromatic N) is 2. The fraction of sp³-hybridized carbons (Fsp3) is 0.412. The maximum atomic E-state index is 12.3. The van der Waals surface area contributed by atoms with Gasteiger partial charge in [-0.15, -0.1) is 0 Å². The predicted octanol–water partition coefficient (Wildman–Crippen LogP) is 2.80. The third-order valence-corrected chi connectivity index (χ3v) is 4.35. The third kappa shape index (κ3) is 3.15. The molecule has 7 heteroatoms. The van der Waals surface area contributed by atoms with E-state index in [2.05, 4.69) is 15.5 Å². The van der Waals surface area contributed by atoms with Crippen LogP contribution in [0.25, 0.3) is 11.3 Å². The molecule has 1 aliphatic rings. The van der Waals surface area contributed by atoms with Gasteiger partial charge in [0.2, 0.25) is 5.91 Å². The molecule has 3 rings (SSSR count). The Balaban J connectivity index is 1.86. The van der Waals surface area contributed by atoms with E-state index in [1.54, 1.807) is 25.3 Å². The Hall–Kier alpha value is -2.70. The van der Waals surface area contributed by atoms with Gasteiger partial charge in [0.25, 0.3) is 0 Å². The SMILES string of the molecule is CC(NC(=O)C1CCCC1)c1onc(-c2cccnc2)c1C(=O)O. The van der Waals surface area contributed by atoms with Crippen LogP contribution in [0.15, 0.2) is 29.0 Å². The van der Waals surface area contributed by atoms with E-state index < -0.39 is 12.0 Å². The van der Waals surface area contributed by atoms with E-state index in [0.29, 0.717) is 5.56 Å². The van der Waals surface area contributed by atoms with Crippen molar-refractivity contribution in [3.8, 4) is 11.3 Å². The fourth-order valence-electron chi connectivity index (χ4n) is 3.09. The first-order chi connectivity index (χ1) is 11.6. The summed E-state index contributed by atoms with van der Waals surface area (Å²) in [6, 6.07) is 2.84. The van der Waals surface area contributed by atoms with E-state index in [0.717, 1.165) is 25.7 Å². The van der Waals surface area contributed by atoms with Crippen LogP contribution in [-0.4, -0.2) is 27.1 Å². The maximum Gasteiger partial charge on any atom is 0.341 e. The summed E-state index contributed by atoms with van der Waals surface area (Å²) in [6.45, 7) is 1.70. The number of pyridine rings is 1. The van der Waals surface area contributed by atoms with E-state index in [-0.39, 0.29) is 28.8 Å². The molecule has 0 aliphatic heterocycles. The second kappa shape index (κ2) is 6.82. The number of aromatic nitrogens is 2. The number of nitrogens with one attached hydrogen (secondary N) is 1. The molecule has 2 N–H and O–H groups in total. The summed E-state index contributed by atoms with van der Waals surface area (Å²) in [7, 11) is 0. The zero-order valence-electron chi connectivity index (χ0n) is 13.4. The second-order valence-electron chi connectivity index (χ2n) is 6.03. The van der Waals surface area contributed by atoms with Crippen molar-refractivity contribution in [2.75, 3.05) is 0 Å². The Kier molecular flexibility index (Phi) is 4.59. The number of carboxylic acid groups (broad SMARTS) is 1. The van der Waals surface area contributed by atoms with Gasteiger partial charge in [-0.1, -0.05) is 18.0 Å². The topological polar surface area (TPSA) is 105 Å². The van der Waals surface area contributed by atoms with E-state index in [1.807, 2.05) is 0 Å². The van der Waals surface area contributed by atoms with Gasteiger partial charge in [-0.05, 0) is 31.9 Å². The summed E-state index contributed by atoms with van der Waals surface area (Å²) < 4.78 is 5.26. The minimum Gasteiger partial charge on any atom is -0.477 e. The molecule has 1 saturated carbocycles. The Morgan fingerprint density at radius 3 is 2.75 bits per heavy atom. The number of carboxylic acids is 1. The summed E-state index contributed by atoms with van der Waals surface area (Å²) in [5, 5.41) is 16.3. The number of hydrogen-bond acceptors (Lipinski definition) is 5. The number of aromatic carboxylic acids is 1. The quantitative estimate of drug-likeness (QED) is 0.874. The Bertz CT molecular complexity index is 736. The van der Waals surface area contributed by atoms with Gasteiger partial charge >= 0.3 is 5.97 Å². The van der Waals surface area contributed by atoms with E-state index in [1.165, 1.54) is 6.20 Å². The number of hydrogen-bond donors (Lipinski definition) is 2. The van der Waals surface area contributed by atoms with Crippen LogP contribution < -0.4 is 5.32 Å². The molecule has 1 unspecified atom stereocenters. The Labute approximate surface area is 139 Å². The largest absolute Gasteiger partial charge is 0.477 e. The first-order valence-electron chi connectivity index (χ1n) is 8.01. The van der Waals surface area contributed by atoms with Crippen LogP contribution in [-0.2, 0) is 4.79 Å². The molecule has 7 nitrogen and oxygen atoms in total. The number of amides is 1. The molecule has 2 aromatic rings. The first kappa shape index (κ1) is 16.2. The standard InChI is InChI=1S/C17H19N3O4/c1-10(19-16(21)11-5-2-3-6-11)15-13(17(22)23)14(20-24-15)12-7-4-8-18-9-12/h4,7-11H,2-3,5-6H2,1H3,(H,19,21)(H,22,23). The van der Waals surface area contributed by atoms with Crippen LogP contribution in [0.5, 0.6) is 0 Å². The molecule has 0 bridgehead atoms. The monoisotopic (exact) mass is 329 g/mol. The fourth-order valence-corrected chi connectivity index (χ4v) is 3.09. The van der Waals surface area contributed by atoms with Crippen molar-refractivity contribution in [2.45, 2.75) is 38.6 Å². The lowest BCUT2D eigenvalue weighted by atomic mass is 10.0. The van der Waals surface area contributed by atoms with Gasteiger partial charge in [0.05, 0.1) is 6.04 Å². The van der Waals surface area contributed by atoms with Crippen LogP contribution in [0.2, 0.25) is 0 Å². The van der Waals surface area contributed by atoms with Gasteiger partial charge in [0.15, 0.2) is 5.76 Å². The van der Waals surface area contributed by atoms with Gasteiger partial charge in [-0.3, -0.25) is 9.78 Å². The molecular weight excluding hydrogens is 310 g/mol. The molecule has 0 radical (unpaired) electrons. The highest BCUT2D eigenvalue weighted by Gasteiger charge is 2.30. The van der Waals surface area contributed by atoms with Gasteiger partial charge in [0.1, 0.15) is 11.3 Å². The van der Waals surface area contributed by atoms with Crippen molar-refractivity contribution in [1.29, 1.82) is 0 Å². The summed E-state index contributed by atoms with van der Waals surface area (Å²) in [5.74, 6) is -1.06. The van der Waals surface area contributed by atoms with Crippen LogP contribution in [0, 0.1) is 5.92 Å². The lowest BCUT2D eigenvalue weighted by Gasteiger charge is -2.15. The van der Waals surface area contributed by atoms with Crippen molar-refractivity contribution >= 4 is 11.9 Å². The maximum absolute atomic E-state index is 12.3. The van der Waals surface area contributed by atoms with Crippen molar-refractivity contribution in [3.05, 3.63) is 35.9 Å². The number of carbonyl (C=O) groups is 2. The average molecular weight is 329 g/mol. The molecule has 1 atom stereocenters.